The summed E-state index contributed by atoms with van der Waals surface area (Å²) < 4.78 is 0. The molecule has 1 heterocycles. The highest BCUT2D eigenvalue weighted by atomic mass is 35.5. The lowest BCUT2D eigenvalue weighted by Gasteiger charge is -2.08. The molecule has 5 heteroatoms. The maximum absolute atomic E-state index is 12.0. The lowest BCUT2D eigenvalue weighted by molar-refractivity contribution is 0.0944. The predicted molar refractivity (Wildman–Crippen MR) is 66.2 cm³/mol. The molecule has 17 heavy (non-hydrogen) atoms. The number of halogens is 1. The van der Waals surface area contributed by atoms with E-state index in [4.69, 9.17) is 11.6 Å². The normalized spacial score (nSPS) is 22.6. The Balaban J connectivity index is 2.18. The van der Waals surface area contributed by atoms with E-state index in [9.17, 15) is 4.79 Å². The number of carbonyl (C=O) groups is 1. The maximum atomic E-state index is 12.0. The van der Waals surface area contributed by atoms with Crippen LogP contribution in [0.3, 0.4) is 0 Å². The summed E-state index contributed by atoms with van der Waals surface area (Å²) in [5.41, 5.74) is 0.282. The van der Waals surface area contributed by atoms with Gasteiger partial charge in [0, 0.05) is 12.0 Å². The Labute approximate surface area is 106 Å². The van der Waals surface area contributed by atoms with Crippen LogP contribution >= 0.6 is 11.6 Å². The second-order valence-electron chi connectivity index (χ2n) is 4.87. The molecule has 0 aromatic carbocycles. The third kappa shape index (κ3) is 2.75. The fraction of sp³-hybridized carbons (Fsp3) is 0.583. The third-order valence-electron chi connectivity index (χ3n) is 2.92. The zero-order valence-electron chi connectivity index (χ0n) is 10.2. The van der Waals surface area contributed by atoms with Crippen LogP contribution < -0.4 is 5.32 Å². The summed E-state index contributed by atoms with van der Waals surface area (Å²) in [6, 6.07) is 0.274. The molecule has 4 nitrogen and oxygen atoms in total. The minimum atomic E-state index is -0.200. The number of carbonyl (C=O) groups excluding carboxylic acids is 1. The van der Waals surface area contributed by atoms with Crippen molar-refractivity contribution in [1.29, 1.82) is 0 Å². The lowest BCUT2D eigenvalue weighted by Crippen LogP contribution is -2.28. The number of rotatable bonds is 3. The fourth-order valence-electron chi connectivity index (χ4n) is 1.58. The molecule has 2 rings (SSSR count). The Bertz CT molecular complexity index is 447. The van der Waals surface area contributed by atoms with Crippen molar-refractivity contribution >= 4 is 17.5 Å². The first-order valence-electron chi connectivity index (χ1n) is 5.82. The van der Waals surface area contributed by atoms with Gasteiger partial charge < -0.3 is 5.32 Å². The van der Waals surface area contributed by atoms with Gasteiger partial charge in [-0.25, -0.2) is 9.97 Å². The van der Waals surface area contributed by atoms with Gasteiger partial charge in [-0.2, -0.15) is 0 Å². The van der Waals surface area contributed by atoms with Crippen molar-refractivity contribution < 1.29 is 4.79 Å². The zero-order chi connectivity index (χ0) is 12.6. The number of amides is 1. The highest BCUT2D eigenvalue weighted by Crippen LogP contribution is 2.29. The minimum absolute atomic E-state index is 0.179. The van der Waals surface area contributed by atoms with Gasteiger partial charge in [-0.1, -0.05) is 32.4 Å². The average molecular weight is 254 g/mol. The quantitative estimate of drug-likeness (QED) is 0.900. The Morgan fingerprint density at radius 2 is 2.24 bits per heavy atom. The third-order valence-corrected chi connectivity index (χ3v) is 3.20. The van der Waals surface area contributed by atoms with E-state index in [1.807, 2.05) is 13.8 Å². The van der Waals surface area contributed by atoms with E-state index in [1.54, 1.807) is 0 Å². The van der Waals surface area contributed by atoms with E-state index in [0.717, 1.165) is 6.42 Å². The predicted octanol–water partition coefficient (Wildman–Crippen LogP) is 2.39. The van der Waals surface area contributed by atoms with Gasteiger partial charge in [0.1, 0.15) is 11.5 Å². The number of aromatic nitrogens is 2. The smallest absolute Gasteiger partial charge is 0.271 e. The molecule has 2 atom stereocenters. The molecule has 1 aliphatic carbocycles. The SMILES string of the molecule is CC(C)c1ncc(Cl)c(C(=O)NC2CC2C)n1. The van der Waals surface area contributed by atoms with E-state index in [0.29, 0.717) is 16.8 Å². The van der Waals surface area contributed by atoms with E-state index in [-0.39, 0.29) is 23.6 Å². The van der Waals surface area contributed by atoms with E-state index >= 15 is 0 Å². The van der Waals surface area contributed by atoms with Gasteiger partial charge in [0.25, 0.3) is 5.91 Å². The molecule has 1 saturated carbocycles. The Kier molecular flexibility index (Phi) is 3.33. The topological polar surface area (TPSA) is 54.9 Å². The molecule has 1 aliphatic rings. The summed E-state index contributed by atoms with van der Waals surface area (Å²) in [6.45, 7) is 6.06. The van der Waals surface area contributed by atoms with Crippen molar-refractivity contribution in [1.82, 2.24) is 15.3 Å². The van der Waals surface area contributed by atoms with Crippen LogP contribution in [0.2, 0.25) is 5.02 Å². The van der Waals surface area contributed by atoms with Gasteiger partial charge in [0.15, 0.2) is 0 Å². The van der Waals surface area contributed by atoms with Crippen LogP contribution in [0, 0.1) is 5.92 Å². The largest absolute Gasteiger partial charge is 0.348 e. The number of hydrogen-bond donors (Lipinski definition) is 1. The molecule has 1 N–H and O–H groups in total. The highest BCUT2D eigenvalue weighted by molar-refractivity contribution is 6.33. The second-order valence-corrected chi connectivity index (χ2v) is 5.28. The van der Waals surface area contributed by atoms with E-state index < -0.39 is 0 Å². The molecule has 0 spiro atoms. The summed E-state index contributed by atoms with van der Waals surface area (Å²) in [5.74, 6) is 1.18. The van der Waals surface area contributed by atoms with Crippen molar-refractivity contribution in [2.75, 3.05) is 0 Å². The highest BCUT2D eigenvalue weighted by Gasteiger charge is 2.34. The van der Waals surface area contributed by atoms with Crippen molar-refractivity contribution in [3.63, 3.8) is 0 Å². The summed E-state index contributed by atoms with van der Waals surface area (Å²) >= 11 is 5.95. The fourth-order valence-corrected chi connectivity index (χ4v) is 1.75. The van der Waals surface area contributed by atoms with Crippen molar-refractivity contribution in [2.24, 2.45) is 5.92 Å². The summed E-state index contributed by atoms with van der Waals surface area (Å²) in [6.07, 6.45) is 2.53. The van der Waals surface area contributed by atoms with Crippen LogP contribution in [0.15, 0.2) is 6.20 Å². The molecule has 1 aromatic rings. The molecule has 1 fully saturated rings. The van der Waals surface area contributed by atoms with Crippen LogP contribution in [0.5, 0.6) is 0 Å². The second kappa shape index (κ2) is 4.61. The first-order valence-corrected chi connectivity index (χ1v) is 6.20. The number of hydrogen-bond acceptors (Lipinski definition) is 3. The zero-order valence-corrected chi connectivity index (χ0v) is 11.0. The molecule has 2 unspecified atom stereocenters. The first kappa shape index (κ1) is 12.3. The van der Waals surface area contributed by atoms with Crippen LogP contribution in [-0.4, -0.2) is 21.9 Å². The Hall–Kier alpha value is -1.16. The van der Waals surface area contributed by atoms with Gasteiger partial charge in [-0.15, -0.1) is 0 Å². The first-order chi connectivity index (χ1) is 7.99. The van der Waals surface area contributed by atoms with Crippen molar-refractivity contribution in [2.45, 2.75) is 39.2 Å². The number of nitrogens with one attached hydrogen (secondary N) is 1. The molecular formula is C12H16ClN3O. The van der Waals surface area contributed by atoms with E-state index in [1.165, 1.54) is 6.20 Å². The molecule has 0 radical (unpaired) electrons. The van der Waals surface area contributed by atoms with Crippen molar-refractivity contribution in [3.05, 3.63) is 22.7 Å². The lowest BCUT2D eigenvalue weighted by atomic mass is 10.2. The summed E-state index contributed by atoms with van der Waals surface area (Å²) in [4.78, 5) is 20.3. The van der Waals surface area contributed by atoms with E-state index in [2.05, 4.69) is 22.2 Å². The van der Waals surface area contributed by atoms with Crippen LogP contribution in [-0.2, 0) is 0 Å². The minimum Gasteiger partial charge on any atom is -0.348 e. The molecule has 1 aromatic heterocycles. The van der Waals surface area contributed by atoms with Crippen molar-refractivity contribution in [3.8, 4) is 0 Å². The summed E-state index contributed by atoms with van der Waals surface area (Å²) in [7, 11) is 0. The van der Waals surface area contributed by atoms with Gasteiger partial charge in [0.2, 0.25) is 0 Å². The molecule has 1 amide bonds. The van der Waals surface area contributed by atoms with Crippen LogP contribution in [0.1, 0.15) is 49.4 Å². The van der Waals surface area contributed by atoms with Crippen LogP contribution in [0.4, 0.5) is 0 Å². The standard InChI is InChI=1S/C12H16ClN3O/c1-6(2)11-14-5-8(13)10(16-11)12(17)15-9-4-7(9)3/h5-7,9H,4H2,1-3H3,(H,15,17). The van der Waals surface area contributed by atoms with Gasteiger partial charge in [0.05, 0.1) is 11.2 Å². The Morgan fingerprint density at radius 1 is 1.59 bits per heavy atom. The molecule has 0 bridgehead atoms. The molecule has 0 aliphatic heterocycles. The summed E-state index contributed by atoms with van der Waals surface area (Å²) in [5, 5.41) is 3.22. The van der Waals surface area contributed by atoms with Crippen LogP contribution in [0.25, 0.3) is 0 Å². The van der Waals surface area contributed by atoms with Gasteiger partial charge in [-0.05, 0) is 12.3 Å². The average Bonchev–Trinajstić information content (AvgIpc) is 2.94. The van der Waals surface area contributed by atoms with Gasteiger partial charge in [-0.3, -0.25) is 4.79 Å². The maximum Gasteiger partial charge on any atom is 0.271 e. The Morgan fingerprint density at radius 3 is 2.76 bits per heavy atom. The monoisotopic (exact) mass is 253 g/mol. The van der Waals surface area contributed by atoms with Gasteiger partial charge >= 0.3 is 0 Å². The number of nitrogens with zero attached hydrogens (tertiary/aromatic N) is 2. The molecule has 0 saturated heterocycles. The molecule has 92 valence electrons. The molecular weight excluding hydrogens is 238 g/mol.